The number of halogens is 2. The predicted molar refractivity (Wildman–Crippen MR) is 117 cm³/mol. The number of nitrogens with one attached hydrogen (secondary N) is 1. The van der Waals surface area contributed by atoms with E-state index in [9.17, 15) is 5.11 Å². The van der Waals surface area contributed by atoms with Gasteiger partial charge in [-0.2, -0.15) is 20.1 Å². The van der Waals surface area contributed by atoms with Crippen LogP contribution < -0.4 is 15.2 Å². The average Bonchev–Trinajstić information content (AvgIpc) is 3.39. The number of nitrogens with zero attached hydrogens (tertiary/aromatic N) is 6. The third-order valence-corrected chi connectivity index (χ3v) is 5.88. The van der Waals surface area contributed by atoms with Crippen molar-refractivity contribution in [3.8, 4) is 5.75 Å². The van der Waals surface area contributed by atoms with Crippen LogP contribution >= 0.6 is 31.9 Å². The fourth-order valence-electron chi connectivity index (χ4n) is 3.36. The smallest absolute Gasteiger partial charge is 0.250 e. The highest BCUT2D eigenvalue weighted by molar-refractivity contribution is 9.11. The van der Waals surface area contributed by atoms with Gasteiger partial charge in [-0.15, -0.1) is 0 Å². The van der Waals surface area contributed by atoms with Gasteiger partial charge in [-0.25, -0.2) is 5.43 Å². The van der Waals surface area contributed by atoms with E-state index in [2.05, 4.69) is 67.1 Å². The molecule has 148 valence electrons. The van der Waals surface area contributed by atoms with Crippen LogP contribution in [-0.2, 0) is 0 Å². The van der Waals surface area contributed by atoms with Gasteiger partial charge in [-0.05, 0) is 53.7 Å². The van der Waals surface area contributed by atoms with Gasteiger partial charge in [0.2, 0.25) is 17.8 Å². The SMILES string of the molecule is Oc1c(Br)cc(Br)cc1C=NNc1nc(N2CCCC2)nc(N2CCCC2)n1. The third-order valence-electron chi connectivity index (χ3n) is 4.82. The Morgan fingerprint density at radius 3 is 2.07 bits per heavy atom. The molecule has 1 aromatic carbocycles. The minimum absolute atomic E-state index is 0.125. The summed E-state index contributed by atoms with van der Waals surface area (Å²) in [6.07, 6.45) is 6.16. The summed E-state index contributed by atoms with van der Waals surface area (Å²) in [5.74, 6) is 1.92. The van der Waals surface area contributed by atoms with E-state index in [4.69, 9.17) is 0 Å². The molecule has 0 radical (unpaired) electrons. The van der Waals surface area contributed by atoms with E-state index in [1.165, 1.54) is 0 Å². The topological polar surface area (TPSA) is 89.8 Å². The molecule has 28 heavy (non-hydrogen) atoms. The van der Waals surface area contributed by atoms with Crippen molar-refractivity contribution in [2.75, 3.05) is 41.4 Å². The van der Waals surface area contributed by atoms with Gasteiger partial charge >= 0.3 is 0 Å². The Hall–Kier alpha value is -1.94. The number of phenolic OH excluding ortho intramolecular Hbond substituents is 1. The Labute approximate surface area is 180 Å². The molecule has 0 saturated carbocycles. The van der Waals surface area contributed by atoms with Crippen molar-refractivity contribution in [1.82, 2.24) is 15.0 Å². The number of anilines is 3. The molecule has 0 amide bonds. The van der Waals surface area contributed by atoms with Crippen LogP contribution in [0.1, 0.15) is 31.2 Å². The molecule has 0 bridgehead atoms. The van der Waals surface area contributed by atoms with Gasteiger partial charge < -0.3 is 14.9 Å². The highest BCUT2D eigenvalue weighted by Crippen LogP contribution is 2.30. The summed E-state index contributed by atoms with van der Waals surface area (Å²) in [7, 11) is 0. The van der Waals surface area contributed by atoms with Crippen LogP contribution in [0.25, 0.3) is 0 Å². The normalized spacial score (nSPS) is 17.1. The lowest BCUT2D eigenvalue weighted by Gasteiger charge is -2.20. The van der Waals surface area contributed by atoms with Crippen LogP contribution in [0.5, 0.6) is 5.75 Å². The molecule has 2 fully saturated rings. The maximum atomic E-state index is 10.2. The Morgan fingerprint density at radius 1 is 0.929 bits per heavy atom. The lowest BCUT2D eigenvalue weighted by Crippen LogP contribution is -2.25. The van der Waals surface area contributed by atoms with E-state index in [0.717, 1.165) is 56.3 Å². The van der Waals surface area contributed by atoms with Crippen molar-refractivity contribution >= 4 is 55.9 Å². The highest BCUT2D eigenvalue weighted by atomic mass is 79.9. The minimum atomic E-state index is 0.125. The zero-order valence-corrected chi connectivity index (χ0v) is 18.4. The summed E-state index contributed by atoms with van der Waals surface area (Å²) in [5, 5.41) is 14.4. The summed E-state index contributed by atoms with van der Waals surface area (Å²) < 4.78 is 1.43. The first-order chi connectivity index (χ1) is 13.6. The van der Waals surface area contributed by atoms with Crippen LogP contribution in [0.2, 0.25) is 0 Å². The molecule has 2 aliphatic heterocycles. The van der Waals surface area contributed by atoms with Crippen molar-refractivity contribution in [2.24, 2.45) is 5.10 Å². The molecule has 2 N–H and O–H groups in total. The van der Waals surface area contributed by atoms with Crippen LogP contribution in [-0.4, -0.2) is 52.5 Å². The Bertz CT molecular complexity index is 846. The van der Waals surface area contributed by atoms with Crippen LogP contribution in [0.15, 0.2) is 26.2 Å². The third kappa shape index (κ3) is 4.38. The molecule has 2 saturated heterocycles. The van der Waals surface area contributed by atoms with E-state index < -0.39 is 0 Å². The zero-order valence-electron chi connectivity index (χ0n) is 15.3. The molecule has 10 heteroatoms. The summed E-state index contributed by atoms with van der Waals surface area (Å²) in [4.78, 5) is 18.2. The molecular formula is C18H21Br2N7O. The number of hydrogen-bond donors (Lipinski definition) is 2. The second-order valence-electron chi connectivity index (χ2n) is 6.84. The maximum Gasteiger partial charge on any atom is 0.250 e. The Morgan fingerprint density at radius 2 is 1.50 bits per heavy atom. The average molecular weight is 511 g/mol. The van der Waals surface area contributed by atoms with Gasteiger partial charge in [0.15, 0.2) is 0 Å². The van der Waals surface area contributed by atoms with Crippen molar-refractivity contribution in [3.63, 3.8) is 0 Å². The second kappa shape index (κ2) is 8.60. The molecule has 4 rings (SSSR count). The number of phenols is 1. The van der Waals surface area contributed by atoms with Crippen LogP contribution in [0.4, 0.5) is 17.8 Å². The molecule has 0 spiro atoms. The van der Waals surface area contributed by atoms with Crippen molar-refractivity contribution in [2.45, 2.75) is 25.7 Å². The number of hydrogen-bond acceptors (Lipinski definition) is 8. The largest absolute Gasteiger partial charge is 0.506 e. The van der Waals surface area contributed by atoms with E-state index >= 15 is 0 Å². The first kappa shape index (κ1) is 19.4. The summed E-state index contributed by atoms with van der Waals surface area (Å²) in [6, 6.07) is 3.56. The standard InChI is InChI=1S/C18H21Br2N7O/c19-13-9-12(15(28)14(20)10-13)11-21-25-16-22-17(26-5-1-2-6-26)24-18(23-16)27-7-3-4-8-27/h9-11,28H,1-8H2,(H,22,23,24,25). The van der Waals surface area contributed by atoms with Gasteiger partial charge in [-0.1, -0.05) is 15.9 Å². The van der Waals surface area contributed by atoms with Gasteiger partial charge in [0.05, 0.1) is 10.7 Å². The number of benzene rings is 1. The first-order valence-corrected chi connectivity index (χ1v) is 10.9. The fraction of sp³-hybridized carbons (Fsp3) is 0.444. The lowest BCUT2D eigenvalue weighted by molar-refractivity contribution is 0.471. The van der Waals surface area contributed by atoms with Crippen LogP contribution in [0, 0.1) is 0 Å². The second-order valence-corrected chi connectivity index (χ2v) is 8.61. The number of rotatable bonds is 5. The quantitative estimate of drug-likeness (QED) is 0.467. The maximum absolute atomic E-state index is 10.2. The van der Waals surface area contributed by atoms with Gasteiger partial charge in [0.1, 0.15) is 5.75 Å². The van der Waals surface area contributed by atoms with E-state index in [1.54, 1.807) is 18.3 Å². The molecular weight excluding hydrogens is 490 g/mol. The molecule has 3 heterocycles. The monoisotopic (exact) mass is 509 g/mol. The van der Waals surface area contributed by atoms with Crippen molar-refractivity contribution in [3.05, 3.63) is 26.6 Å². The predicted octanol–water partition coefficient (Wildman–Crippen LogP) is 3.75. The first-order valence-electron chi connectivity index (χ1n) is 9.33. The van der Waals surface area contributed by atoms with E-state index in [1.807, 2.05) is 0 Å². The molecule has 2 aliphatic rings. The minimum Gasteiger partial charge on any atom is -0.506 e. The fourth-order valence-corrected chi connectivity index (χ4v) is 4.62. The molecule has 0 aliphatic carbocycles. The summed E-state index contributed by atoms with van der Waals surface area (Å²) in [6.45, 7) is 3.86. The zero-order chi connectivity index (χ0) is 19.5. The summed E-state index contributed by atoms with van der Waals surface area (Å²) >= 11 is 6.73. The molecule has 0 unspecified atom stereocenters. The van der Waals surface area contributed by atoms with E-state index in [-0.39, 0.29) is 5.75 Å². The molecule has 0 atom stereocenters. The highest BCUT2D eigenvalue weighted by Gasteiger charge is 2.21. The number of aromatic hydroxyl groups is 1. The van der Waals surface area contributed by atoms with Crippen molar-refractivity contribution in [1.29, 1.82) is 0 Å². The van der Waals surface area contributed by atoms with E-state index in [0.29, 0.717) is 27.9 Å². The summed E-state index contributed by atoms with van der Waals surface area (Å²) in [5.41, 5.74) is 3.47. The van der Waals surface area contributed by atoms with Gasteiger partial charge in [0, 0.05) is 36.2 Å². The number of aromatic nitrogens is 3. The molecule has 1 aromatic heterocycles. The molecule has 8 nitrogen and oxygen atoms in total. The Balaban J connectivity index is 1.58. The van der Waals surface area contributed by atoms with Crippen LogP contribution in [0.3, 0.4) is 0 Å². The Kier molecular flexibility index (Phi) is 5.96. The lowest BCUT2D eigenvalue weighted by atomic mass is 10.2. The van der Waals surface area contributed by atoms with Gasteiger partial charge in [0.25, 0.3) is 0 Å². The van der Waals surface area contributed by atoms with Gasteiger partial charge in [-0.3, -0.25) is 0 Å². The molecule has 2 aromatic rings. The van der Waals surface area contributed by atoms with Crippen molar-refractivity contribution < 1.29 is 5.11 Å². The number of hydrazone groups is 1.